The van der Waals surface area contributed by atoms with E-state index in [0.29, 0.717) is 24.2 Å². The molecule has 0 aromatic heterocycles. The van der Waals surface area contributed by atoms with Crippen molar-refractivity contribution in [1.82, 2.24) is 0 Å². The van der Waals surface area contributed by atoms with Crippen molar-refractivity contribution in [3.05, 3.63) is 150 Å². The Morgan fingerprint density at radius 1 is 0.543 bits per heavy atom. The minimum Gasteiger partial charge on any atom is -0.507 e. The molecule has 0 saturated carbocycles. The molecule has 46 heavy (non-hydrogen) atoms. The number of aromatic hydroxyl groups is 2. The fourth-order valence-electron chi connectivity index (χ4n) is 5.22. The minimum atomic E-state index is -2.06. The third-order valence-electron chi connectivity index (χ3n) is 7.42. The first-order valence-corrected chi connectivity index (χ1v) is 16.3. The maximum Gasteiger partial charge on any atom is 0.124 e. The van der Waals surface area contributed by atoms with Crippen molar-refractivity contribution in [2.24, 2.45) is 9.98 Å². The molecule has 5 aromatic rings. The second-order valence-electron chi connectivity index (χ2n) is 10.2. The van der Waals surface area contributed by atoms with Crippen molar-refractivity contribution in [3.8, 4) is 11.5 Å². The van der Waals surface area contributed by atoms with Crippen LogP contribution < -0.4 is 15.9 Å². The zero-order chi connectivity index (χ0) is 29.2. The van der Waals surface area contributed by atoms with Gasteiger partial charge in [0.2, 0.25) is 0 Å². The molecule has 0 saturated heterocycles. The average molecular weight is 740 g/mol. The fraction of sp³-hybridized carbons (Fsp3) is 0.135. The zero-order valence-corrected chi connectivity index (χ0v) is 29.8. The second-order valence-corrected chi connectivity index (χ2v) is 13.7. The smallest absolute Gasteiger partial charge is 0.124 e. The van der Waals surface area contributed by atoms with Crippen molar-refractivity contribution in [2.45, 2.75) is 19.5 Å². The number of phenols is 2. The molecular weight excluding hydrogens is 701 g/mol. The first-order valence-electron chi connectivity index (χ1n) is 14.3. The van der Waals surface area contributed by atoms with E-state index in [4.69, 9.17) is 0 Å². The standard InChI is InChI=1S/C37H35N2O2P.3ClH.Co/c1-2-29-18-20-36(40)31(24-29)26-38-22-23-39-27-32-25-30(19-21-37(32)41)28-42(33-12-6-3-7-13-33,34-14-8-4-9-15-34)35-16-10-5-11-17-35;;;;/h3-21,24-27H,2,22-23,28H2,1H3,(H-,38,39,40,41);3*1H;/p+1. The number of rotatable bonds is 11. The summed E-state index contributed by atoms with van der Waals surface area (Å²) in [6.45, 7) is 3.04. The molecule has 5 aromatic carbocycles. The Bertz CT molecular complexity index is 1580. The van der Waals surface area contributed by atoms with Gasteiger partial charge in [0.05, 0.1) is 19.3 Å². The summed E-state index contributed by atoms with van der Waals surface area (Å²) in [4.78, 5) is 8.99. The maximum absolute atomic E-state index is 10.7. The summed E-state index contributed by atoms with van der Waals surface area (Å²) in [6, 6.07) is 43.8. The van der Waals surface area contributed by atoms with Gasteiger partial charge in [0.25, 0.3) is 0 Å². The molecule has 0 fully saturated rings. The molecule has 0 aliphatic carbocycles. The van der Waals surface area contributed by atoms with E-state index < -0.39 is 7.26 Å². The van der Waals surface area contributed by atoms with Crippen molar-refractivity contribution in [2.75, 3.05) is 13.1 Å². The summed E-state index contributed by atoms with van der Waals surface area (Å²) in [7, 11) is -2.06. The van der Waals surface area contributed by atoms with E-state index in [0.717, 1.165) is 23.7 Å². The maximum atomic E-state index is 10.7. The molecule has 0 heterocycles. The Morgan fingerprint density at radius 3 is 1.30 bits per heavy atom. The number of phenolic OH excluding ortho intramolecular Hbond substituents is 2. The van der Waals surface area contributed by atoms with E-state index in [1.165, 1.54) is 15.9 Å². The Hall–Kier alpha value is -3.15. The van der Waals surface area contributed by atoms with Crippen LogP contribution in [-0.2, 0) is 29.4 Å². The van der Waals surface area contributed by atoms with Crippen LogP contribution in [0.25, 0.3) is 0 Å². The first-order chi connectivity index (χ1) is 20.6. The molecule has 0 spiro atoms. The van der Waals surface area contributed by atoms with Crippen LogP contribution in [0.15, 0.2) is 137 Å². The first kappa shape index (κ1) is 40.9. The molecular formula is C37H39Cl3CoN2O2P+. The van der Waals surface area contributed by atoms with Crippen molar-refractivity contribution in [1.29, 1.82) is 0 Å². The van der Waals surface area contributed by atoms with E-state index in [1.54, 1.807) is 24.6 Å². The van der Waals surface area contributed by atoms with Crippen molar-refractivity contribution in [3.63, 3.8) is 0 Å². The van der Waals surface area contributed by atoms with Crippen LogP contribution in [0.4, 0.5) is 0 Å². The average Bonchev–Trinajstić information content (AvgIpc) is 3.05. The Labute approximate surface area is 301 Å². The molecule has 243 valence electrons. The zero-order valence-electron chi connectivity index (χ0n) is 25.4. The third kappa shape index (κ3) is 9.92. The molecule has 0 atom stereocenters. The SMILES string of the molecule is CCc1ccc(O)c(C=NCCN=Cc2cc(C[P+](c3ccccc3)(c3ccccc3)c3ccccc3)ccc2O)c1.Cl.Cl.Cl.[Co]. The van der Waals surface area contributed by atoms with E-state index >= 15 is 0 Å². The third-order valence-corrected chi connectivity index (χ3v) is 11.8. The minimum absolute atomic E-state index is 0. The van der Waals surface area contributed by atoms with Crippen LogP contribution in [0.2, 0.25) is 0 Å². The normalized spacial score (nSPS) is 10.8. The summed E-state index contributed by atoms with van der Waals surface area (Å²) in [5.41, 5.74) is 3.70. The molecule has 2 N–H and O–H groups in total. The fourth-order valence-corrected chi connectivity index (χ4v) is 9.45. The van der Waals surface area contributed by atoms with Crippen LogP contribution in [0.5, 0.6) is 11.5 Å². The Kier molecular flexibility index (Phi) is 17.9. The van der Waals surface area contributed by atoms with Gasteiger partial charge in [0.15, 0.2) is 0 Å². The molecule has 0 amide bonds. The predicted molar refractivity (Wildman–Crippen MR) is 201 cm³/mol. The molecule has 0 aliphatic heterocycles. The van der Waals surface area contributed by atoms with E-state index in [1.807, 2.05) is 18.2 Å². The molecule has 4 nitrogen and oxygen atoms in total. The summed E-state index contributed by atoms with van der Waals surface area (Å²) in [6.07, 6.45) is 5.15. The van der Waals surface area contributed by atoms with Gasteiger partial charge in [-0.25, -0.2) is 0 Å². The van der Waals surface area contributed by atoms with E-state index in [9.17, 15) is 10.2 Å². The van der Waals surface area contributed by atoms with Crippen molar-refractivity contribution < 1.29 is 27.0 Å². The Balaban J connectivity index is 0.00000264. The molecule has 1 radical (unpaired) electrons. The van der Waals surface area contributed by atoms with Gasteiger partial charge >= 0.3 is 0 Å². The van der Waals surface area contributed by atoms with Crippen LogP contribution >= 0.6 is 44.5 Å². The van der Waals surface area contributed by atoms with Gasteiger partial charge < -0.3 is 10.2 Å². The van der Waals surface area contributed by atoms with Crippen LogP contribution in [0, 0.1) is 0 Å². The second kappa shape index (κ2) is 20.2. The van der Waals surface area contributed by atoms with E-state index in [2.05, 4.69) is 114 Å². The van der Waals surface area contributed by atoms with Gasteiger partial charge in [-0.1, -0.05) is 73.7 Å². The number of hydrogen-bond donors (Lipinski definition) is 2. The number of aliphatic imine (C=N–C) groups is 2. The van der Waals surface area contributed by atoms with Gasteiger partial charge in [0.1, 0.15) is 34.7 Å². The largest absolute Gasteiger partial charge is 0.507 e. The summed E-state index contributed by atoms with van der Waals surface area (Å²) < 4.78 is 0. The van der Waals surface area contributed by atoms with Crippen LogP contribution in [0.1, 0.15) is 29.2 Å². The number of halogens is 3. The van der Waals surface area contributed by atoms with Gasteiger partial charge in [-0.2, -0.15) is 0 Å². The predicted octanol–water partition coefficient (Wildman–Crippen LogP) is 7.96. The van der Waals surface area contributed by atoms with Gasteiger partial charge in [0, 0.05) is 40.3 Å². The molecule has 0 bridgehead atoms. The summed E-state index contributed by atoms with van der Waals surface area (Å²) in [5.74, 6) is 0.428. The van der Waals surface area contributed by atoms with Crippen LogP contribution in [0.3, 0.4) is 0 Å². The number of aryl methyl sites for hydroxylation is 1. The van der Waals surface area contributed by atoms with Gasteiger partial charge in [-0.05, 0) is 78.2 Å². The molecule has 0 unspecified atom stereocenters. The topological polar surface area (TPSA) is 65.2 Å². The quantitative estimate of drug-likeness (QED) is 0.0821. The summed E-state index contributed by atoms with van der Waals surface area (Å²) in [5, 5.41) is 24.7. The van der Waals surface area contributed by atoms with Crippen LogP contribution in [-0.4, -0.2) is 35.7 Å². The van der Waals surface area contributed by atoms with Gasteiger partial charge in [-0.3, -0.25) is 9.98 Å². The van der Waals surface area contributed by atoms with E-state index in [-0.39, 0.29) is 65.5 Å². The van der Waals surface area contributed by atoms with Gasteiger partial charge in [-0.15, -0.1) is 37.2 Å². The Morgan fingerprint density at radius 2 is 0.913 bits per heavy atom. The monoisotopic (exact) mass is 738 g/mol. The van der Waals surface area contributed by atoms with Crippen molar-refractivity contribution >= 4 is 72.8 Å². The number of hydrogen-bond acceptors (Lipinski definition) is 4. The number of nitrogens with zero attached hydrogens (tertiary/aromatic N) is 2. The molecule has 0 aliphatic rings. The number of benzene rings is 5. The summed E-state index contributed by atoms with van der Waals surface area (Å²) >= 11 is 0. The molecule has 9 heteroatoms. The molecule has 5 rings (SSSR count).